The van der Waals surface area contributed by atoms with Gasteiger partial charge in [-0.3, -0.25) is 0 Å². The molecule has 0 saturated heterocycles. The Hall–Kier alpha value is -1.29. The highest BCUT2D eigenvalue weighted by Crippen LogP contribution is 2.19. The van der Waals surface area contributed by atoms with Gasteiger partial charge in [-0.2, -0.15) is 0 Å². The first-order valence-corrected chi connectivity index (χ1v) is 6.07. The van der Waals surface area contributed by atoms with Crippen molar-refractivity contribution in [1.29, 1.82) is 0 Å². The quantitative estimate of drug-likeness (QED) is 0.819. The Labute approximate surface area is 106 Å². The highest BCUT2D eigenvalue weighted by molar-refractivity contribution is 6.33. The van der Waals surface area contributed by atoms with E-state index in [1.165, 1.54) is 12.3 Å². The van der Waals surface area contributed by atoms with Crippen LogP contribution >= 0.6 is 11.6 Å². The summed E-state index contributed by atoms with van der Waals surface area (Å²) >= 11 is 5.74. The van der Waals surface area contributed by atoms with Crippen LogP contribution in [0.4, 0.5) is 5.82 Å². The second kappa shape index (κ2) is 6.45. The lowest BCUT2D eigenvalue weighted by Gasteiger charge is -2.14. The molecule has 0 saturated carbocycles. The molecule has 0 aliphatic carbocycles. The Balaban J connectivity index is 2.72. The van der Waals surface area contributed by atoms with E-state index in [0.29, 0.717) is 5.82 Å². The van der Waals surface area contributed by atoms with Gasteiger partial charge in [0.1, 0.15) is 5.82 Å². The van der Waals surface area contributed by atoms with Gasteiger partial charge in [0, 0.05) is 12.2 Å². The summed E-state index contributed by atoms with van der Waals surface area (Å²) in [7, 11) is 0. The number of carboxylic acid groups (broad SMARTS) is 1. The maximum absolute atomic E-state index is 10.9. The number of halogens is 1. The normalized spacial score (nSPS) is 12.2. The summed E-state index contributed by atoms with van der Waals surface area (Å²) in [5, 5.41) is 12.2. The standard InChI is InChI=1S/C12H17ClN2O2/c1-3-4-5-8(2)15-11-6-9(12(16)17)10(13)7-14-11/h6-8H,3-5H2,1-2H3,(H,14,15)(H,16,17). The molecule has 1 atom stereocenters. The van der Waals surface area contributed by atoms with Gasteiger partial charge < -0.3 is 10.4 Å². The molecule has 1 unspecified atom stereocenters. The number of rotatable bonds is 6. The minimum atomic E-state index is -1.04. The predicted molar refractivity (Wildman–Crippen MR) is 68.8 cm³/mol. The van der Waals surface area contributed by atoms with Crippen molar-refractivity contribution < 1.29 is 9.90 Å². The molecule has 0 aliphatic heterocycles. The number of aromatic nitrogens is 1. The lowest BCUT2D eigenvalue weighted by Crippen LogP contribution is -2.16. The average Bonchev–Trinajstić information content (AvgIpc) is 2.28. The minimum Gasteiger partial charge on any atom is -0.478 e. The maximum atomic E-state index is 10.9. The van der Waals surface area contributed by atoms with Crippen LogP contribution in [0.3, 0.4) is 0 Å². The van der Waals surface area contributed by atoms with Crippen molar-refractivity contribution in [3.05, 3.63) is 22.8 Å². The van der Waals surface area contributed by atoms with E-state index in [9.17, 15) is 4.79 Å². The number of aromatic carboxylic acids is 1. The van der Waals surface area contributed by atoms with E-state index in [-0.39, 0.29) is 16.6 Å². The van der Waals surface area contributed by atoms with E-state index in [4.69, 9.17) is 16.7 Å². The lowest BCUT2D eigenvalue weighted by molar-refractivity contribution is 0.0697. The summed E-state index contributed by atoms with van der Waals surface area (Å²) in [5.74, 6) is -0.489. The molecule has 0 aliphatic rings. The number of anilines is 1. The van der Waals surface area contributed by atoms with Crippen LogP contribution in [0.5, 0.6) is 0 Å². The zero-order valence-corrected chi connectivity index (χ0v) is 10.8. The fourth-order valence-corrected chi connectivity index (χ4v) is 1.70. The van der Waals surface area contributed by atoms with Crippen LogP contribution in [0.25, 0.3) is 0 Å². The summed E-state index contributed by atoms with van der Waals surface area (Å²) < 4.78 is 0. The number of carboxylic acids is 1. The number of carbonyl (C=O) groups is 1. The van der Waals surface area contributed by atoms with Gasteiger partial charge in [-0.25, -0.2) is 9.78 Å². The van der Waals surface area contributed by atoms with Gasteiger partial charge in [0.25, 0.3) is 0 Å². The first-order chi connectivity index (χ1) is 8.04. The monoisotopic (exact) mass is 256 g/mol. The predicted octanol–water partition coefficient (Wildman–Crippen LogP) is 3.42. The largest absolute Gasteiger partial charge is 0.478 e. The second-order valence-corrected chi connectivity index (χ2v) is 4.45. The van der Waals surface area contributed by atoms with E-state index in [2.05, 4.69) is 17.2 Å². The van der Waals surface area contributed by atoms with E-state index < -0.39 is 5.97 Å². The van der Waals surface area contributed by atoms with Gasteiger partial charge in [-0.05, 0) is 19.4 Å². The van der Waals surface area contributed by atoms with E-state index in [1.807, 2.05) is 6.92 Å². The molecule has 17 heavy (non-hydrogen) atoms. The molecule has 0 fully saturated rings. The summed E-state index contributed by atoms with van der Waals surface area (Å²) in [4.78, 5) is 15.0. The summed E-state index contributed by atoms with van der Waals surface area (Å²) in [6.45, 7) is 4.18. The van der Waals surface area contributed by atoms with Crippen LogP contribution in [0.15, 0.2) is 12.3 Å². The Bertz CT molecular complexity index is 396. The number of unbranched alkanes of at least 4 members (excludes halogenated alkanes) is 1. The number of pyridine rings is 1. The third kappa shape index (κ3) is 4.23. The number of hydrogen-bond acceptors (Lipinski definition) is 3. The highest BCUT2D eigenvalue weighted by atomic mass is 35.5. The first kappa shape index (κ1) is 13.8. The third-order valence-corrected chi connectivity index (χ3v) is 2.77. The number of nitrogens with one attached hydrogen (secondary N) is 1. The Morgan fingerprint density at radius 3 is 2.94 bits per heavy atom. The van der Waals surface area contributed by atoms with Crippen LogP contribution in [0, 0.1) is 0 Å². The lowest BCUT2D eigenvalue weighted by atomic mass is 10.1. The molecule has 1 aromatic heterocycles. The van der Waals surface area contributed by atoms with E-state index in [1.54, 1.807) is 0 Å². The molecule has 1 aromatic rings. The Kier molecular flexibility index (Phi) is 5.22. The van der Waals surface area contributed by atoms with Crippen molar-refractivity contribution in [3.63, 3.8) is 0 Å². The number of nitrogens with zero attached hydrogens (tertiary/aromatic N) is 1. The van der Waals surface area contributed by atoms with E-state index >= 15 is 0 Å². The Morgan fingerprint density at radius 1 is 1.65 bits per heavy atom. The van der Waals surface area contributed by atoms with Crippen molar-refractivity contribution in [2.45, 2.75) is 39.2 Å². The van der Waals surface area contributed by atoms with Gasteiger partial charge in [0.15, 0.2) is 0 Å². The van der Waals surface area contributed by atoms with Gasteiger partial charge in [0.2, 0.25) is 0 Å². The Morgan fingerprint density at radius 2 is 2.35 bits per heavy atom. The zero-order valence-electron chi connectivity index (χ0n) is 10.0. The van der Waals surface area contributed by atoms with Crippen LogP contribution in [0.1, 0.15) is 43.5 Å². The molecule has 0 amide bonds. The molecule has 1 heterocycles. The van der Waals surface area contributed by atoms with Crippen LogP contribution in [0.2, 0.25) is 5.02 Å². The SMILES string of the molecule is CCCCC(C)Nc1cc(C(=O)O)c(Cl)cn1. The minimum absolute atomic E-state index is 0.0758. The van der Waals surface area contributed by atoms with Crippen LogP contribution in [-0.4, -0.2) is 22.1 Å². The summed E-state index contributed by atoms with van der Waals surface area (Å²) in [6.07, 6.45) is 4.66. The van der Waals surface area contributed by atoms with Crippen LogP contribution in [-0.2, 0) is 0 Å². The zero-order chi connectivity index (χ0) is 12.8. The molecule has 4 nitrogen and oxygen atoms in total. The molecule has 0 bridgehead atoms. The summed E-state index contributed by atoms with van der Waals surface area (Å²) in [6, 6.07) is 1.73. The molecular formula is C12H17ClN2O2. The maximum Gasteiger partial charge on any atom is 0.337 e. The topological polar surface area (TPSA) is 62.2 Å². The van der Waals surface area contributed by atoms with Crippen LogP contribution < -0.4 is 5.32 Å². The second-order valence-electron chi connectivity index (χ2n) is 4.04. The van der Waals surface area contributed by atoms with Crippen molar-refractivity contribution >= 4 is 23.4 Å². The van der Waals surface area contributed by atoms with Gasteiger partial charge >= 0.3 is 5.97 Å². The molecule has 2 N–H and O–H groups in total. The molecule has 0 radical (unpaired) electrons. The van der Waals surface area contributed by atoms with Crippen molar-refractivity contribution in [2.24, 2.45) is 0 Å². The summed E-state index contributed by atoms with van der Waals surface area (Å²) in [5.41, 5.74) is 0.0758. The molecular weight excluding hydrogens is 240 g/mol. The van der Waals surface area contributed by atoms with Crippen molar-refractivity contribution in [3.8, 4) is 0 Å². The van der Waals surface area contributed by atoms with Crippen molar-refractivity contribution in [2.75, 3.05) is 5.32 Å². The van der Waals surface area contributed by atoms with Gasteiger partial charge in [-0.1, -0.05) is 31.4 Å². The fourth-order valence-electron chi connectivity index (χ4n) is 1.52. The smallest absolute Gasteiger partial charge is 0.337 e. The molecule has 1 rings (SSSR count). The average molecular weight is 257 g/mol. The number of hydrogen-bond donors (Lipinski definition) is 2. The molecule has 0 spiro atoms. The molecule has 0 aromatic carbocycles. The first-order valence-electron chi connectivity index (χ1n) is 5.70. The highest BCUT2D eigenvalue weighted by Gasteiger charge is 2.11. The molecule has 5 heteroatoms. The fraction of sp³-hybridized carbons (Fsp3) is 0.500. The molecule has 94 valence electrons. The van der Waals surface area contributed by atoms with Crippen molar-refractivity contribution in [1.82, 2.24) is 4.98 Å². The van der Waals surface area contributed by atoms with Gasteiger partial charge in [-0.15, -0.1) is 0 Å². The third-order valence-electron chi connectivity index (χ3n) is 2.47. The van der Waals surface area contributed by atoms with Gasteiger partial charge in [0.05, 0.1) is 10.6 Å². The van der Waals surface area contributed by atoms with E-state index in [0.717, 1.165) is 19.3 Å².